The number of carbonyl (C=O) groups excluding carboxylic acids is 2. The minimum absolute atomic E-state index is 0.0804. The number of ether oxygens (including phenoxy) is 1. The fraction of sp³-hybridized carbons (Fsp3) is 0.750. The second-order valence-electron chi connectivity index (χ2n) is 9.23. The fourth-order valence-electron chi connectivity index (χ4n) is 3.52. The van der Waals surface area contributed by atoms with Gasteiger partial charge in [0.05, 0.1) is 12.6 Å². The summed E-state index contributed by atoms with van der Waals surface area (Å²) in [5, 5.41) is 12.2. The molecular formula is C20H30F2N4O3. The van der Waals surface area contributed by atoms with E-state index < -0.39 is 35.6 Å². The number of nitrogens with one attached hydrogen (secondary N) is 1. The topological polar surface area (TPSA) is 85.7 Å². The zero-order chi connectivity index (χ0) is 22.0. The number of halogens is 2. The molecular weight excluding hydrogens is 382 g/mol. The molecule has 0 unspecified atom stereocenters. The lowest BCUT2D eigenvalue weighted by Gasteiger charge is -2.33. The van der Waals surface area contributed by atoms with E-state index in [-0.39, 0.29) is 31.1 Å². The number of amides is 2. The van der Waals surface area contributed by atoms with Crippen LogP contribution in [0.5, 0.6) is 0 Å². The quantitative estimate of drug-likeness (QED) is 0.567. The van der Waals surface area contributed by atoms with Gasteiger partial charge in [-0.25, -0.2) is 13.6 Å². The van der Waals surface area contributed by atoms with Gasteiger partial charge in [0.1, 0.15) is 17.2 Å². The van der Waals surface area contributed by atoms with Crippen LogP contribution in [-0.4, -0.2) is 71.1 Å². The summed E-state index contributed by atoms with van der Waals surface area (Å²) < 4.78 is 32.3. The Balaban J connectivity index is 2.00. The Morgan fingerprint density at radius 1 is 1.24 bits per heavy atom. The summed E-state index contributed by atoms with van der Waals surface area (Å²) in [6.07, 6.45) is 1.23. The zero-order valence-corrected chi connectivity index (χ0v) is 17.7. The van der Waals surface area contributed by atoms with Gasteiger partial charge in [0.25, 0.3) is 11.8 Å². The third-order valence-electron chi connectivity index (χ3n) is 5.03. The van der Waals surface area contributed by atoms with Crippen molar-refractivity contribution in [1.82, 2.24) is 15.1 Å². The molecule has 2 aliphatic rings. The molecule has 0 spiro atoms. The molecule has 9 heteroatoms. The highest BCUT2D eigenvalue weighted by atomic mass is 19.3. The first-order valence-corrected chi connectivity index (χ1v) is 9.77. The van der Waals surface area contributed by atoms with Crippen LogP contribution < -0.4 is 5.32 Å². The highest BCUT2D eigenvalue weighted by Crippen LogP contribution is 2.33. The SMILES string of the molecule is CC(C)(C)OC(=O)N[C@H]1CCN(C(=O)C(C#N)=CC(C)(C)N2CCC(F)(F)C2)C1. The molecule has 2 fully saturated rings. The molecule has 1 N–H and O–H groups in total. The van der Waals surface area contributed by atoms with Gasteiger partial charge >= 0.3 is 6.09 Å². The van der Waals surface area contributed by atoms with E-state index in [9.17, 15) is 23.6 Å². The number of carbonyl (C=O) groups is 2. The van der Waals surface area contributed by atoms with Crippen molar-refractivity contribution in [2.45, 2.75) is 70.6 Å². The molecule has 0 aromatic carbocycles. The molecule has 29 heavy (non-hydrogen) atoms. The van der Waals surface area contributed by atoms with Crippen LogP contribution in [0.3, 0.4) is 0 Å². The summed E-state index contributed by atoms with van der Waals surface area (Å²) in [7, 11) is 0. The molecule has 1 atom stereocenters. The molecule has 0 aromatic heterocycles. The van der Waals surface area contributed by atoms with Gasteiger partial charge in [0.15, 0.2) is 0 Å². The third-order valence-corrected chi connectivity index (χ3v) is 5.03. The van der Waals surface area contributed by atoms with Gasteiger partial charge in [-0.1, -0.05) is 0 Å². The Kier molecular flexibility index (Phi) is 6.58. The molecule has 2 saturated heterocycles. The van der Waals surface area contributed by atoms with E-state index in [2.05, 4.69) is 5.32 Å². The molecule has 0 aromatic rings. The van der Waals surface area contributed by atoms with E-state index in [1.54, 1.807) is 39.5 Å². The summed E-state index contributed by atoms with van der Waals surface area (Å²) in [6, 6.07) is 1.64. The number of hydrogen-bond donors (Lipinski definition) is 1. The molecule has 162 valence electrons. The second kappa shape index (κ2) is 8.27. The monoisotopic (exact) mass is 412 g/mol. The van der Waals surface area contributed by atoms with E-state index in [0.717, 1.165) is 0 Å². The average molecular weight is 412 g/mol. The van der Waals surface area contributed by atoms with Crippen LogP contribution in [0.1, 0.15) is 47.5 Å². The maximum Gasteiger partial charge on any atom is 0.407 e. The van der Waals surface area contributed by atoms with Crippen molar-refractivity contribution < 1.29 is 23.1 Å². The molecule has 2 amide bonds. The molecule has 0 aliphatic carbocycles. The van der Waals surface area contributed by atoms with Crippen LogP contribution in [0.4, 0.5) is 13.6 Å². The van der Waals surface area contributed by atoms with Crippen molar-refractivity contribution >= 4 is 12.0 Å². The minimum Gasteiger partial charge on any atom is -0.444 e. The van der Waals surface area contributed by atoms with Crippen LogP contribution in [0, 0.1) is 11.3 Å². The van der Waals surface area contributed by atoms with Crippen molar-refractivity contribution in [1.29, 1.82) is 5.26 Å². The van der Waals surface area contributed by atoms with Crippen LogP contribution in [0.15, 0.2) is 11.6 Å². The van der Waals surface area contributed by atoms with Crippen molar-refractivity contribution in [2.24, 2.45) is 0 Å². The van der Waals surface area contributed by atoms with Crippen molar-refractivity contribution in [2.75, 3.05) is 26.2 Å². The number of rotatable bonds is 4. The summed E-state index contributed by atoms with van der Waals surface area (Å²) in [5.41, 5.74) is -1.55. The average Bonchev–Trinajstić information content (AvgIpc) is 3.16. The van der Waals surface area contributed by atoms with Crippen LogP contribution in [0.25, 0.3) is 0 Å². The molecule has 0 radical (unpaired) electrons. The van der Waals surface area contributed by atoms with Gasteiger partial charge in [-0.2, -0.15) is 5.26 Å². The zero-order valence-electron chi connectivity index (χ0n) is 17.7. The first-order valence-electron chi connectivity index (χ1n) is 9.77. The minimum atomic E-state index is -2.75. The molecule has 0 bridgehead atoms. The van der Waals surface area contributed by atoms with E-state index >= 15 is 0 Å². The van der Waals surface area contributed by atoms with Crippen molar-refractivity contribution in [3.05, 3.63) is 11.6 Å². The predicted octanol–water partition coefficient (Wildman–Crippen LogP) is 2.68. The van der Waals surface area contributed by atoms with Gasteiger partial charge < -0.3 is 15.0 Å². The third kappa shape index (κ3) is 6.39. The molecule has 2 aliphatic heterocycles. The lowest BCUT2D eigenvalue weighted by Crippen LogP contribution is -2.43. The normalized spacial score (nSPS) is 23.0. The van der Waals surface area contributed by atoms with Gasteiger partial charge in [-0.3, -0.25) is 9.69 Å². The van der Waals surface area contributed by atoms with Crippen molar-refractivity contribution in [3.63, 3.8) is 0 Å². The molecule has 2 heterocycles. The highest BCUT2D eigenvalue weighted by Gasteiger charge is 2.43. The summed E-state index contributed by atoms with van der Waals surface area (Å²) >= 11 is 0. The van der Waals surface area contributed by atoms with Crippen LogP contribution in [0.2, 0.25) is 0 Å². The first-order chi connectivity index (χ1) is 13.2. The molecule has 0 saturated carbocycles. The second-order valence-corrected chi connectivity index (χ2v) is 9.23. The van der Waals surface area contributed by atoms with Gasteiger partial charge in [-0.15, -0.1) is 0 Å². The lowest BCUT2D eigenvalue weighted by atomic mass is 9.99. The predicted molar refractivity (Wildman–Crippen MR) is 103 cm³/mol. The summed E-state index contributed by atoms with van der Waals surface area (Å²) in [4.78, 5) is 27.8. The van der Waals surface area contributed by atoms with E-state index in [1.165, 1.54) is 11.0 Å². The lowest BCUT2D eigenvalue weighted by molar-refractivity contribution is -0.125. The number of alkyl carbamates (subject to hydrolysis) is 1. The van der Waals surface area contributed by atoms with Gasteiger partial charge in [0.2, 0.25) is 0 Å². The maximum atomic E-state index is 13.6. The number of nitrogens with zero attached hydrogens (tertiary/aromatic N) is 3. The van der Waals surface area contributed by atoms with Crippen LogP contribution in [-0.2, 0) is 9.53 Å². The Morgan fingerprint density at radius 2 is 1.90 bits per heavy atom. The van der Waals surface area contributed by atoms with Crippen molar-refractivity contribution in [3.8, 4) is 6.07 Å². The highest BCUT2D eigenvalue weighted by molar-refractivity contribution is 5.97. The smallest absolute Gasteiger partial charge is 0.407 e. The van der Waals surface area contributed by atoms with E-state index in [0.29, 0.717) is 13.0 Å². The Bertz CT molecular complexity index is 722. The number of nitriles is 1. The Morgan fingerprint density at radius 3 is 2.41 bits per heavy atom. The van der Waals surface area contributed by atoms with Crippen LogP contribution >= 0.6 is 0 Å². The number of likely N-dealkylation sites (tertiary alicyclic amines) is 2. The Hall–Kier alpha value is -2.21. The van der Waals surface area contributed by atoms with E-state index in [1.807, 2.05) is 6.07 Å². The molecule has 7 nitrogen and oxygen atoms in total. The fourth-order valence-corrected chi connectivity index (χ4v) is 3.52. The maximum absolute atomic E-state index is 13.6. The van der Waals surface area contributed by atoms with E-state index in [4.69, 9.17) is 4.74 Å². The Labute approximate surface area is 170 Å². The summed E-state index contributed by atoms with van der Waals surface area (Å²) in [5.74, 6) is -3.21. The van der Waals surface area contributed by atoms with Gasteiger partial charge in [0, 0.05) is 31.6 Å². The summed E-state index contributed by atoms with van der Waals surface area (Å²) in [6.45, 7) is 9.19. The largest absolute Gasteiger partial charge is 0.444 e. The first kappa shape index (κ1) is 23.1. The number of hydrogen-bond acceptors (Lipinski definition) is 5. The number of alkyl halides is 2. The van der Waals surface area contributed by atoms with Gasteiger partial charge in [-0.05, 0) is 47.1 Å². The molecule has 2 rings (SSSR count). The standard InChI is InChI=1S/C20H30F2N4O3/c1-18(2,3)29-17(28)24-15-6-8-25(12-15)16(27)14(11-23)10-19(4,5)26-9-7-20(21,22)13-26/h10,15H,6-9,12-13H2,1-5H3,(H,24,28)/t15-/m0/s1.